The molecule has 1 N–H and O–H groups in total. The first kappa shape index (κ1) is 20.9. The third kappa shape index (κ3) is 4.85. The Balaban J connectivity index is 2.24. The fraction of sp³-hybridized carbons (Fsp3) is 0.300. The van der Waals surface area contributed by atoms with Crippen LogP contribution in [0.4, 0.5) is 5.69 Å². The van der Waals surface area contributed by atoms with Crippen LogP contribution in [0, 0.1) is 0 Å². The van der Waals surface area contributed by atoms with Crippen molar-refractivity contribution < 1.29 is 33.3 Å². The molecule has 0 bridgehead atoms. The van der Waals surface area contributed by atoms with Crippen molar-refractivity contribution in [1.29, 1.82) is 0 Å². The molecule has 2 aromatic rings. The largest absolute Gasteiger partial charge is 0.497 e. The standard InChI is InChI=1S/C20H23NO7/c1-12(28-14-8-6-7-13(9-14)24-2)19(22)21-16-11-18(26-4)17(25-3)10-15(16)20(23)27-5/h6-12H,1-5H3,(H,21,22)/t12-/m0/s1. The first-order chi connectivity index (χ1) is 13.4. The maximum Gasteiger partial charge on any atom is 0.340 e. The Bertz CT molecular complexity index is 850. The first-order valence-electron chi connectivity index (χ1n) is 8.39. The summed E-state index contributed by atoms with van der Waals surface area (Å²) in [7, 11) is 5.69. The summed E-state index contributed by atoms with van der Waals surface area (Å²) in [5, 5.41) is 2.67. The Hall–Kier alpha value is -3.42. The lowest BCUT2D eigenvalue weighted by molar-refractivity contribution is -0.122. The van der Waals surface area contributed by atoms with E-state index in [1.165, 1.54) is 33.5 Å². The number of nitrogens with one attached hydrogen (secondary N) is 1. The first-order valence-corrected chi connectivity index (χ1v) is 8.39. The molecule has 0 saturated carbocycles. The van der Waals surface area contributed by atoms with E-state index in [1.807, 2.05) is 0 Å². The van der Waals surface area contributed by atoms with Crippen LogP contribution in [0.1, 0.15) is 17.3 Å². The van der Waals surface area contributed by atoms with Gasteiger partial charge in [-0.25, -0.2) is 4.79 Å². The van der Waals surface area contributed by atoms with Crippen LogP contribution in [-0.4, -0.2) is 46.4 Å². The van der Waals surface area contributed by atoms with E-state index >= 15 is 0 Å². The Labute approximate surface area is 163 Å². The zero-order valence-electron chi connectivity index (χ0n) is 16.4. The SMILES string of the molecule is COC(=O)c1cc(OC)c(OC)cc1NC(=O)[C@H](C)Oc1cccc(OC)c1. The van der Waals surface area contributed by atoms with Crippen LogP contribution >= 0.6 is 0 Å². The van der Waals surface area contributed by atoms with E-state index in [9.17, 15) is 9.59 Å². The second-order valence-electron chi connectivity index (χ2n) is 5.67. The fourth-order valence-electron chi connectivity index (χ4n) is 2.43. The second kappa shape index (κ2) is 9.50. The Kier molecular flexibility index (Phi) is 7.08. The number of anilines is 1. The van der Waals surface area contributed by atoms with Gasteiger partial charge in [-0.05, 0) is 19.1 Å². The highest BCUT2D eigenvalue weighted by Crippen LogP contribution is 2.34. The van der Waals surface area contributed by atoms with Crippen LogP contribution in [0.5, 0.6) is 23.0 Å². The molecule has 0 aromatic heterocycles. The van der Waals surface area contributed by atoms with Gasteiger partial charge in [0.1, 0.15) is 11.5 Å². The van der Waals surface area contributed by atoms with E-state index in [-0.39, 0.29) is 11.3 Å². The Morgan fingerprint density at radius 2 is 1.54 bits per heavy atom. The highest BCUT2D eigenvalue weighted by molar-refractivity contribution is 6.03. The molecule has 2 aromatic carbocycles. The van der Waals surface area contributed by atoms with Crippen LogP contribution in [0.2, 0.25) is 0 Å². The molecule has 28 heavy (non-hydrogen) atoms. The Morgan fingerprint density at radius 3 is 2.14 bits per heavy atom. The predicted molar refractivity (Wildman–Crippen MR) is 103 cm³/mol. The van der Waals surface area contributed by atoms with Gasteiger partial charge in [0.15, 0.2) is 17.6 Å². The van der Waals surface area contributed by atoms with Gasteiger partial charge in [0.2, 0.25) is 0 Å². The molecule has 0 unspecified atom stereocenters. The summed E-state index contributed by atoms with van der Waals surface area (Å²) in [4.78, 5) is 24.7. The van der Waals surface area contributed by atoms with Crippen molar-refractivity contribution in [3.63, 3.8) is 0 Å². The topological polar surface area (TPSA) is 92.3 Å². The zero-order chi connectivity index (χ0) is 20.7. The average Bonchev–Trinajstić information content (AvgIpc) is 2.72. The number of rotatable bonds is 8. The van der Waals surface area contributed by atoms with Gasteiger partial charge in [0.25, 0.3) is 5.91 Å². The summed E-state index contributed by atoms with van der Waals surface area (Å²) in [6.07, 6.45) is -0.842. The van der Waals surface area contributed by atoms with E-state index in [2.05, 4.69) is 5.32 Å². The molecule has 150 valence electrons. The van der Waals surface area contributed by atoms with Crippen LogP contribution < -0.4 is 24.3 Å². The van der Waals surface area contributed by atoms with Crippen LogP contribution in [-0.2, 0) is 9.53 Å². The van der Waals surface area contributed by atoms with E-state index in [1.54, 1.807) is 38.3 Å². The fourth-order valence-corrected chi connectivity index (χ4v) is 2.43. The molecular formula is C20H23NO7. The van der Waals surface area contributed by atoms with Crippen molar-refractivity contribution in [2.45, 2.75) is 13.0 Å². The quantitative estimate of drug-likeness (QED) is 0.694. The number of hydrogen-bond acceptors (Lipinski definition) is 7. The van der Waals surface area contributed by atoms with E-state index in [0.717, 1.165) is 0 Å². The molecule has 0 aliphatic rings. The average molecular weight is 389 g/mol. The van der Waals surface area contributed by atoms with Gasteiger partial charge in [0.05, 0.1) is 39.7 Å². The molecule has 0 radical (unpaired) electrons. The third-order valence-electron chi connectivity index (χ3n) is 3.91. The van der Waals surface area contributed by atoms with E-state index in [4.69, 9.17) is 23.7 Å². The molecule has 0 aliphatic heterocycles. The number of methoxy groups -OCH3 is 4. The maximum atomic E-state index is 12.6. The number of carbonyl (C=O) groups is 2. The third-order valence-corrected chi connectivity index (χ3v) is 3.91. The smallest absolute Gasteiger partial charge is 0.340 e. The van der Waals surface area contributed by atoms with Crippen molar-refractivity contribution in [2.24, 2.45) is 0 Å². The lowest BCUT2D eigenvalue weighted by atomic mass is 10.1. The molecule has 1 amide bonds. The monoisotopic (exact) mass is 389 g/mol. The van der Waals surface area contributed by atoms with Crippen molar-refractivity contribution in [1.82, 2.24) is 0 Å². The molecule has 0 spiro atoms. The van der Waals surface area contributed by atoms with Crippen LogP contribution in [0.25, 0.3) is 0 Å². The van der Waals surface area contributed by atoms with Crippen LogP contribution in [0.15, 0.2) is 36.4 Å². The highest BCUT2D eigenvalue weighted by atomic mass is 16.5. The molecule has 0 saturated heterocycles. The van der Waals surface area contributed by atoms with E-state index < -0.39 is 18.0 Å². The van der Waals surface area contributed by atoms with Gasteiger partial charge in [-0.3, -0.25) is 4.79 Å². The lowest BCUT2D eigenvalue weighted by Crippen LogP contribution is -2.30. The summed E-state index contributed by atoms with van der Waals surface area (Å²) in [5.74, 6) is 0.687. The summed E-state index contributed by atoms with van der Waals surface area (Å²) in [6, 6.07) is 9.82. The molecule has 0 heterocycles. The molecule has 8 heteroatoms. The molecule has 8 nitrogen and oxygen atoms in total. The minimum Gasteiger partial charge on any atom is -0.497 e. The molecule has 2 rings (SSSR count). The van der Waals surface area contributed by atoms with Crippen molar-refractivity contribution in [3.05, 3.63) is 42.0 Å². The van der Waals surface area contributed by atoms with Gasteiger partial charge in [0, 0.05) is 18.2 Å². The number of benzene rings is 2. The van der Waals surface area contributed by atoms with Gasteiger partial charge < -0.3 is 29.0 Å². The van der Waals surface area contributed by atoms with Crippen molar-refractivity contribution >= 4 is 17.6 Å². The van der Waals surface area contributed by atoms with Gasteiger partial charge in [-0.15, -0.1) is 0 Å². The predicted octanol–water partition coefficient (Wildman–Crippen LogP) is 2.91. The minimum absolute atomic E-state index is 0.127. The van der Waals surface area contributed by atoms with Crippen molar-refractivity contribution in [2.75, 3.05) is 33.8 Å². The normalized spacial score (nSPS) is 11.2. The molecule has 0 fully saturated rings. The van der Waals surface area contributed by atoms with Gasteiger partial charge >= 0.3 is 5.97 Å². The summed E-state index contributed by atoms with van der Waals surface area (Å²) in [6.45, 7) is 1.59. The number of ether oxygens (including phenoxy) is 5. The number of hydrogen-bond donors (Lipinski definition) is 1. The molecule has 1 atom stereocenters. The summed E-state index contributed by atoms with van der Waals surface area (Å²) >= 11 is 0. The minimum atomic E-state index is -0.842. The zero-order valence-corrected chi connectivity index (χ0v) is 16.4. The second-order valence-corrected chi connectivity index (χ2v) is 5.67. The van der Waals surface area contributed by atoms with E-state index in [0.29, 0.717) is 23.0 Å². The molecular weight excluding hydrogens is 366 g/mol. The van der Waals surface area contributed by atoms with Crippen LogP contribution in [0.3, 0.4) is 0 Å². The highest BCUT2D eigenvalue weighted by Gasteiger charge is 2.22. The van der Waals surface area contributed by atoms with Gasteiger partial charge in [-0.1, -0.05) is 6.07 Å². The van der Waals surface area contributed by atoms with Gasteiger partial charge in [-0.2, -0.15) is 0 Å². The Morgan fingerprint density at radius 1 is 0.893 bits per heavy atom. The summed E-state index contributed by atoms with van der Waals surface area (Å²) in [5.41, 5.74) is 0.345. The number of amides is 1. The lowest BCUT2D eigenvalue weighted by Gasteiger charge is -2.18. The number of esters is 1. The van der Waals surface area contributed by atoms with Crippen molar-refractivity contribution in [3.8, 4) is 23.0 Å². The summed E-state index contributed by atoms with van der Waals surface area (Å²) < 4.78 is 26.0. The maximum absolute atomic E-state index is 12.6. The molecule has 0 aliphatic carbocycles. The number of carbonyl (C=O) groups excluding carboxylic acids is 2.